The van der Waals surface area contributed by atoms with Crippen LogP contribution in [0.15, 0.2) is 21.7 Å². The van der Waals surface area contributed by atoms with Gasteiger partial charge in [-0.3, -0.25) is 5.43 Å². The Kier molecular flexibility index (Phi) is 3.12. The largest absolute Gasteiger partial charge is 0.454 e. The summed E-state index contributed by atoms with van der Waals surface area (Å²) in [6, 6.07) is 6.80. The summed E-state index contributed by atoms with van der Waals surface area (Å²) in [5, 5.41) is 20.8. The molecule has 0 aromatic heterocycles. The van der Waals surface area contributed by atoms with Crippen molar-refractivity contribution in [1.82, 2.24) is 0 Å². The minimum Gasteiger partial charge on any atom is -0.454 e. The van der Waals surface area contributed by atoms with Crippen LogP contribution in [0.4, 0.5) is 5.69 Å². The first-order chi connectivity index (χ1) is 8.26. The number of fused-ring (bicyclic) bond motifs is 1. The highest BCUT2D eigenvalue weighted by molar-refractivity contribution is 9.10. The average molecular weight is 293 g/mol. The molecule has 84 valence electrons. The molecule has 1 aliphatic rings. The fraction of sp³-hybridized carbons (Fsp3) is 0.100. The maximum Gasteiger partial charge on any atom is 0.237 e. The summed E-state index contributed by atoms with van der Waals surface area (Å²) in [4.78, 5) is 0. The molecule has 0 atom stereocenters. The second-order valence-corrected chi connectivity index (χ2v) is 3.81. The van der Waals surface area contributed by atoms with Crippen LogP contribution in [0.25, 0.3) is 0 Å². The lowest BCUT2D eigenvalue weighted by molar-refractivity contribution is 0.174. The minimum absolute atomic E-state index is 0.132. The maximum atomic E-state index is 8.56. The number of nitriles is 2. The van der Waals surface area contributed by atoms with Crippen molar-refractivity contribution < 1.29 is 9.47 Å². The summed E-state index contributed by atoms with van der Waals surface area (Å²) in [6.07, 6.45) is 0. The van der Waals surface area contributed by atoms with Gasteiger partial charge in [-0.15, -0.1) is 0 Å². The zero-order valence-corrected chi connectivity index (χ0v) is 9.98. The van der Waals surface area contributed by atoms with Crippen molar-refractivity contribution in [2.45, 2.75) is 0 Å². The first-order valence-corrected chi connectivity index (χ1v) is 5.27. The maximum absolute atomic E-state index is 8.56. The van der Waals surface area contributed by atoms with Crippen LogP contribution in [-0.2, 0) is 0 Å². The number of nitrogens with zero attached hydrogens (tertiary/aromatic N) is 3. The van der Waals surface area contributed by atoms with Gasteiger partial charge in [-0.05, 0) is 28.1 Å². The van der Waals surface area contributed by atoms with Gasteiger partial charge in [0.15, 0.2) is 11.5 Å². The number of anilines is 1. The van der Waals surface area contributed by atoms with E-state index in [1.54, 1.807) is 24.3 Å². The van der Waals surface area contributed by atoms with Gasteiger partial charge in [-0.25, -0.2) is 0 Å². The molecular formula is C10H5BrN4O2. The Balaban J connectivity index is 2.35. The minimum atomic E-state index is -0.270. The Labute approximate surface area is 105 Å². The third-order valence-corrected chi connectivity index (χ3v) is 2.64. The van der Waals surface area contributed by atoms with Gasteiger partial charge < -0.3 is 9.47 Å². The summed E-state index contributed by atoms with van der Waals surface area (Å²) >= 11 is 3.31. The molecule has 1 N–H and O–H groups in total. The second-order valence-electron chi connectivity index (χ2n) is 2.95. The molecule has 7 heteroatoms. The summed E-state index contributed by atoms with van der Waals surface area (Å²) in [5.41, 5.74) is 2.85. The van der Waals surface area contributed by atoms with Crippen LogP contribution in [0.2, 0.25) is 0 Å². The number of nitrogens with one attached hydrogen (secondary N) is 1. The van der Waals surface area contributed by atoms with Crippen molar-refractivity contribution >= 4 is 27.3 Å². The van der Waals surface area contributed by atoms with E-state index in [9.17, 15) is 0 Å². The van der Waals surface area contributed by atoms with Crippen LogP contribution in [0, 0.1) is 22.7 Å². The number of benzene rings is 1. The average Bonchev–Trinajstić information content (AvgIpc) is 2.81. The van der Waals surface area contributed by atoms with Crippen molar-refractivity contribution in [3.8, 4) is 23.6 Å². The second kappa shape index (κ2) is 4.73. The normalized spacial score (nSPS) is 11.2. The first-order valence-electron chi connectivity index (χ1n) is 4.48. The number of hydrogen-bond donors (Lipinski definition) is 1. The van der Waals surface area contributed by atoms with Crippen LogP contribution in [-0.4, -0.2) is 12.5 Å². The lowest BCUT2D eigenvalue weighted by Gasteiger charge is -2.06. The quantitative estimate of drug-likeness (QED) is 0.665. The van der Waals surface area contributed by atoms with Crippen LogP contribution < -0.4 is 14.9 Å². The summed E-state index contributed by atoms with van der Waals surface area (Å²) < 4.78 is 11.1. The van der Waals surface area contributed by atoms with E-state index >= 15 is 0 Å². The number of ether oxygens (including phenoxy) is 2. The predicted molar refractivity (Wildman–Crippen MR) is 62.5 cm³/mol. The summed E-state index contributed by atoms with van der Waals surface area (Å²) in [7, 11) is 0. The van der Waals surface area contributed by atoms with Crippen molar-refractivity contribution in [3.63, 3.8) is 0 Å². The van der Waals surface area contributed by atoms with Gasteiger partial charge >= 0.3 is 0 Å². The molecule has 1 aliphatic heterocycles. The van der Waals surface area contributed by atoms with Gasteiger partial charge in [0.1, 0.15) is 17.8 Å². The molecule has 2 rings (SSSR count). The van der Waals surface area contributed by atoms with E-state index in [4.69, 9.17) is 20.0 Å². The molecule has 0 bridgehead atoms. The third-order valence-electron chi connectivity index (χ3n) is 1.98. The van der Waals surface area contributed by atoms with E-state index < -0.39 is 0 Å². The van der Waals surface area contributed by atoms with Crippen LogP contribution >= 0.6 is 15.9 Å². The molecule has 0 saturated heterocycles. The van der Waals surface area contributed by atoms with Gasteiger partial charge in [-0.1, -0.05) is 0 Å². The Hall–Kier alpha value is -2.25. The highest BCUT2D eigenvalue weighted by atomic mass is 79.9. The number of hydrogen-bond acceptors (Lipinski definition) is 6. The molecule has 1 aromatic carbocycles. The smallest absolute Gasteiger partial charge is 0.237 e. The Morgan fingerprint density at radius 1 is 1.35 bits per heavy atom. The van der Waals surface area contributed by atoms with Crippen molar-refractivity contribution in [1.29, 1.82) is 10.5 Å². The molecule has 0 radical (unpaired) electrons. The topological polar surface area (TPSA) is 90.4 Å². The van der Waals surface area contributed by atoms with Gasteiger partial charge in [0, 0.05) is 4.47 Å². The summed E-state index contributed by atoms with van der Waals surface area (Å²) in [5.74, 6) is 1.08. The fourth-order valence-corrected chi connectivity index (χ4v) is 1.64. The number of hydrazone groups is 1. The molecule has 1 aromatic rings. The van der Waals surface area contributed by atoms with Crippen molar-refractivity contribution in [2.75, 3.05) is 12.2 Å². The van der Waals surface area contributed by atoms with Crippen LogP contribution in [0.3, 0.4) is 0 Å². The fourth-order valence-electron chi connectivity index (χ4n) is 1.24. The monoisotopic (exact) mass is 292 g/mol. The van der Waals surface area contributed by atoms with E-state index in [-0.39, 0.29) is 12.5 Å². The highest BCUT2D eigenvalue weighted by Gasteiger charge is 2.20. The SMILES string of the molecule is N#CC(C#N)=NNc1c(Br)ccc2c1OCO2. The van der Waals surface area contributed by atoms with Crippen molar-refractivity contribution in [2.24, 2.45) is 5.10 Å². The van der Waals surface area contributed by atoms with E-state index in [0.29, 0.717) is 21.7 Å². The predicted octanol–water partition coefficient (Wildman–Crippen LogP) is 1.99. The molecular weight excluding hydrogens is 288 g/mol. The van der Waals surface area contributed by atoms with Crippen LogP contribution in [0.5, 0.6) is 11.5 Å². The highest BCUT2D eigenvalue weighted by Crippen LogP contribution is 2.43. The Bertz CT molecular complexity index is 555. The molecule has 0 amide bonds. The van der Waals surface area contributed by atoms with Crippen molar-refractivity contribution in [3.05, 3.63) is 16.6 Å². The summed E-state index contributed by atoms with van der Waals surface area (Å²) in [6.45, 7) is 0.132. The van der Waals surface area contributed by atoms with Gasteiger partial charge in [-0.2, -0.15) is 15.6 Å². The third kappa shape index (κ3) is 2.14. The van der Waals surface area contributed by atoms with E-state index in [2.05, 4.69) is 26.5 Å². The molecule has 17 heavy (non-hydrogen) atoms. The molecule has 0 spiro atoms. The van der Waals surface area contributed by atoms with E-state index in [1.807, 2.05) is 0 Å². The zero-order chi connectivity index (χ0) is 12.3. The lowest BCUT2D eigenvalue weighted by atomic mass is 10.3. The lowest BCUT2D eigenvalue weighted by Crippen LogP contribution is -1.99. The van der Waals surface area contributed by atoms with Gasteiger partial charge in [0.2, 0.25) is 12.5 Å². The zero-order valence-electron chi connectivity index (χ0n) is 8.40. The van der Waals surface area contributed by atoms with E-state index in [0.717, 1.165) is 0 Å². The molecule has 0 unspecified atom stereocenters. The van der Waals surface area contributed by atoms with Gasteiger partial charge in [0.05, 0.1) is 0 Å². The Morgan fingerprint density at radius 3 is 2.82 bits per heavy atom. The first kappa shape index (κ1) is 11.2. The molecule has 0 aliphatic carbocycles. The molecule has 6 nitrogen and oxygen atoms in total. The molecule has 1 heterocycles. The molecule has 0 saturated carbocycles. The van der Waals surface area contributed by atoms with Crippen LogP contribution in [0.1, 0.15) is 0 Å². The Morgan fingerprint density at radius 2 is 2.12 bits per heavy atom. The van der Waals surface area contributed by atoms with E-state index in [1.165, 1.54) is 0 Å². The number of halogens is 1. The number of rotatable bonds is 2. The van der Waals surface area contributed by atoms with Gasteiger partial charge in [0.25, 0.3) is 0 Å². The standard InChI is InChI=1S/C10H5BrN4O2/c11-7-1-2-8-10(17-5-16-8)9(7)15-14-6(3-12)4-13/h1-2,15H,5H2. The molecule has 0 fully saturated rings.